The maximum absolute atomic E-state index is 12.1. The molecule has 1 aromatic carbocycles. The zero-order chi connectivity index (χ0) is 17.0. The van der Waals surface area contributed by atoms with Crippen LogP contribution in [-0.2, 0) is 0 Å². The van der Waals surface area contributed by atoms with Crippen molar-refractivity contribution in [3.05, 3.63) is 41.7 Å². The van der Waals surface area contributed by atoms with E-state index < -0.39 is 0 Å². The fourth-order valence-corrected chi connectivity index (χ4v) is 2.10. The van der Waals surface area contributed by atoms with Crippen LogP contribution in [0.5, 0.6) is 5.75 Å². The SMILES string of the molecule is CNC(C)CNC(=O)c1nn(-c2ccc(C(C)C)cc2)cc1O. The van der Waals surface area contributed by atoms with Crippen molar-refractivity contribution >= 4 is 5.91 Å². The number of amides is 1. The molecule has 0 fully saturated rings. The Morgan fingerprint density at radius 1 is 1.26 bits per heavy atom. The molecule has 0 bridgehead atoms. The first-order valence-electron chi connectivity index (χ1n) is 7.76. The molecule has 3 N–H and O–H groups in total. The molecule has 2 aromatic rings. The minimum atomic E-state index is -0.387. The normalized spacial score (nSPS) is 12.4. The molecule has 1 atom stereocenters. The lowest BCUT2D eigenvalue weighted by Crippen LogP contribution is -2.37. The van der Waals surface area contributed by atoms with Crippen LogP contribution in [0.1, 0.15) is 42.7 Å². The molecule has 6 nitrogen and oxygen atoms in total. The minimum Gasteiger partial charge on any atom is -0.504 e. The molecule has 23 heavy (non-hydrogen) atoms. The Labute approximate surface area is 136 Å². The highest BCUT2D eigenvalue weighted by molar-refractivity contribution is 5.94. The molecule has 0 spiro atoms. The zero-order valence-corrected chi connectivity index (χ0v) is 14.0. The largest absolute Gasteiger partial charge is 0.504 e. The maximum atomic E-state index is 12.1. The summed E-state index contributed by atoms with van der Waals surface area (Å²) in [5.41, 5.74) is 2.05. The van der Waals surface area contributed by atoms with Crippen LogP contribution in [0.4, 0.5) is 0 Å². The lowest BCUT2D eigenvalue weighted by molar-refractivity contribution is 0.0942. The highest BCUT2D eigenvalue weighted by Gasteiger charge is 2.17. The predicted octanol–water partition coefficient (Wildman–Crippen LogP) is 2.04. The van der Waals surface area contributed by atoms with Crippen LogP contribution in [0.3, 0.4) is 0 Å². The molecule has 0 aliphatic rings. The van der Waals surface area contributed by atoms with Crippen molar-refractivity contribution in [2.45, 2.75) is 32.7 Å². The maximum Gasteiger partial charge on any atom is 0.275 e. The molecule has 124 valence electrons. The molecule has 6 heteroatoms. The third-order valence-electron chi connectivity index (χ3n) is 3.80. The van der Waals surface area contributed by atoms with Gasteiger partial charge in [-0.05, 0) is 37.6 Å². The average Bonchev–Trinajstić information content (AvgIpc) is 2.94. The first-order valence-corrected chi connectivity index (χ1v) is 7.76. The summed E-state index contributed by atoms with van der Waals surface area (Å²) in [5.74, 6) is -0.0692. The van der Waals surface area contributed by atoms with Crippen molar-refractivity contribution in [3.63, 3.8) is 0 Å². The number of rotatable bonds is 6. The first kappa shape index (κ1) is 17.0. The van der Waals surface area contributed by atoms with E-state index in [1.807, 2.05) is 38.2 Å². The van der Waals surface area contributed by atoms with E-state index in [-0.39, 0.29) is 23.4 Å². The number of likely N-dealkylation sites (N-methyl/N-ethyl adjacent to an activating group) is 1. The highest BCUT2D eigenvalue weighted by Crippen LogP contribution is 2.20. The third-order valence-corrected chi connectivity index (χ3v) is 3.80. The van der Waals surface area contributed by atoms with E-state index in [1.165, 1.54) is 16.4 Å². The summed E-state index contributed by atoms with van der Waals surface area (Å²) >= 11 is 0. The predicted molar refractivity (Wildman–Crippen MR) is 90.2 cm³/mol. The van der Waals surface area contributed by atoms with Crippen LogP contribution in [-0.4, -0.2) is 40.4 Å². The number of nitrogens with one attached hydrogen (secondary N) is 2. The van der Waals surface area contributed by atoms with Crippen molar-refractivity contribution in [3.8, 4) is 11.4 Å². The van der Waals surface area contributed by atoms with Crippen molar-refractivity contribution in [2.75, 3.05) is 13.6 Å². The van der Waals surface area contributed by atoms with Gasteiger partial charge < -0.3 is 15.7 Å². The number of benzene rings is 1. The van der Waals surface area contributed by atoms with Gasteiger partial charge in [-0.3, -0.25) is 4.79 Å². The van der Waals surface area contributed by atoms with E-state index in [4.69, 9.17) is 0 Å². The summed E-state index contributed by atoms with van der Waals surface area (Å²) in [6.45, 7) is 6.67. The monoisotopic (exact) mass is 316 g/mol. The summed E-state index contributed by atoms with van der Waals surface area (Å²) in [6, 6.07) is 8.03. The summed E-state index contributed by atoms with van der Waals surface area (Å²) < 4.78 is 1.51. The van der Waals surface area contributed by atoms with E-state index in [0.717, 1.165) is 5.69 Å². The van der Waals surface area contributed by atoms with Crippen LogP contribution in [0.2, 0.25) is 0 Å². The molecule has 1 unspecified atom stereocenters. The molecule has 0 aliphatic carbocycles. The van der Waals surface area contributed by atoms with Gasteiger partial charge in [0.25, 0.3) is 5.91 Å². The summed E-state index contributed by atoms with van der Waals surface area (Å²) in [6.07, 6.45) is 1.45. The molecule has 0 radical (unpaired) electrons. The standard InChI is InChI=1S/C17H24N4O2/c1-11(2)13-5-7-14(8-6-13)21-10-15(22)16(20-21)17(23)19-9-12(3)18-4/h5-8,10-12,18,22H,9H2,1-4H3,(H,19,23). The van der Waals surface area contributed by atoms with Gasteiger partial charge in [-0.2, -0.15) is 5.10 Å². The molecule has 2 rings (SSSR count). The van der Waals surface area contributed by atoms with Gasteiger partial charge in [0.15, 0.2) is 11.4 Å². The van der Waals surface area contributed by atoms with Gasteiger partial charge in [-0.15, -0.1) is 0 Å². The summed E-state index contributed by atoms with van der Waals surface area (Å²) in [4.78, 5) is 12.1. The van der Waals surface area contributed by atoms with E-state index in [0.29, 0.717) is 12.5 Å². The number of carbonyl (C=O) groups excluding carboxylic acids is 1. The number of aromatic hydroxyl groups is 1. The van der Waals surface area contributed by atoms with E-state index in [2.05, 4.69) is 29.6 Å². The number of hydrogen-bond acceptors (Lipinski definition) is 4. The smallest absolute Gasteiger partial charge is 0.275 e. The number of hydrogen-bond donors (Lipinski definition) is 3. The van der Waals surface area contributed by atoms with Gasteiger partial charge in [-0.25, -0.2) is 4.68 Å². The van der Waals surface area contributed by atoms with Crippen molar-refractivity contribution in [2.24, 2.45) is 0 Å². The van der Waals surface area contributed by atoms with E-state index in [1.54, 1.807) is 0 Å². The summed E-state index contributed by atoms with van der Waals surface area (Å²) in [5, 5.41) is 19.9. The molecular formula is C17H24N4O2. The third kappa shape index (κ3) is 4.10. The quantitative estimate of drug-likeness (QED) is 0.762. The van der Waals surface area contributed by atoms with Gasteiger partial charge in [0.1, 0.15) is 0 Å². The zero-order valence-electron chi connectivity index (χ0n) is 14.0. The van der Waals surface area contributed by atoms with Gasteiger partial charge in [0.05, 0.1) is 11.9 Å². The number of carbonyl (C=O) groups is 1. The van der Waals surface area contributed by atoms with Crippen molar-refractivity contribution in [1.82, 2.24) is 20.4 Å². The molecule has 1 aromatic heterocycles. The highest BCUT2D eigenvalue weighted by atomic mass is 16.3. The van der Waals surface area contributed by atoms with Crippen LogP contribution in [0.15, 0.2) is 30.5 Å². The van der Waals surface area contributed by atoms with Gasteiger partial charge in [0, 0.05) is 12.6 Å². The van der Waals surface area contributed by atoms with Crippen LogP contribution < -0.4 is 10.6 Å². The molecule has 0 aliphatic heterocycles. The second-order valence-corrected chi connectivity index (χ2v) is 5.95. The number of nitrogens with zero attached hydrogens (tertiary/aromatic N) is 2. The van der Waals surface area contributed by atoms with Crippen LogP contribution in [0.25, 0.3) is 5.69 Å². The molecule has 1 amide bonds. The Morgan fingerprint density at radius 2 is 1.91 bits per heavy atom. The average molecular weight is 316 g/mol. The molecular weight excluding hydrogens is 292 g/mol. The lowest BCUT2D eigenvalue weighted by atomic mass is 10.0. The van der Waals surface area contributed by atoms with Gasteiger partial charge in [-0.1, -0.05) is 26.0 Å². The second kappa shape index (κ2) is 7.28. The first-order chi connectivity index (χ1) is 10.9. The molecule has 1 heterocycles. The lowest BCUT2D eigenvalue weighted by Gasteiger charge is -2.10. The number of aromatic nitrogens is 2. The Morgan fingerprint density at radius 3 is 2.48 bits per heavy atom. The fraction of sp³-hybridized carbons (Fsp3) is 0.412. The van der Waals surface area contributed by atoms with Crippen LogP contribution >= 0.6 is 0 Å². The molecule has 0 saturated heterocycles. The summed E-state index contributed by atoms with van der Waals surface area (Å²) in [7, 11) is 1.82. The fourth-order valence-electron chi connectivity index (χ4n) is 2.10. The minimum absolute atomic E-state index is 0.0289. The molecule has 0 saturated carbocycles. The Hall–Kier alpha value is -2.34. The Balaban J connectivity index is 2.15. The van der Waals surface area contributed by atoms with E-state index in [9.17, 15) is 9.90 Å². The van der Waals surface area contributed by atoms with Gasteiger partial charge >= 0.3 is 0 Å². The van der Waals surface area contributed by atoms with E-state index >= 15 is 0 Å². The van der Waals surface area contributed by atoms with Gasteiger partial charge in [0.2, 0.25) is 0 Å². The topological polar surface area (TPSA) is 79.2 Å². The van der Waals surface area contributed by atoms with Crippen molar-refractivity contribution < 1.29 is 9.90 Å². The Kier molecular flexibility index (Phi) is 5.39. The second-order valence-electron chi connectivity index (χ2n) is 5.95. The van der Waals surface area contributed by atoms with Crippen molar-refractivity contribution in [1.29, 1.82) is 0 Å². The Bertz CT molecular complexity index is 662. The van der Waals surface area contributed by atoms with Crippen LogP contribution in [0, 0.1) is 0 Å².